The highest BCUT2D eigenvalue weighted by Crippen LogP contribution is 2.42. The van der Waals surface area contributed by atoms with Gasteiger partial charge in [-0.15, -0.1) is 0 Å². The highest BCUT2D eigenvalue weighted by atomic mass is 16.5. The van der Waals surface area contributed by atoms with Gasteiger partial charge in [0.25, 0.3) is 0 Å². The minimum absolute atomic E-state index is 0.0418. The van der Waals surface area contributed by atoms with Crippen LogP contribution in [-0.4, -0.2) is 49.4 Å². The molecule has 0 spiro atoms. The molecule has 0 saturated carbocycles. The molecule has 2 aliphatic heterocycles. The van der Waals surface area contributed by atoms with Crippen LogP contribution >= 0.6 is 0 Å². The van der Waals surface area contributed by atoms with E-state index in [0.717, 1.165) is 42.5 Å². The standard InChI is InChI=1S/C23H24N6O2/c1-4-22(30)28-17-5-6-18(28)9-19(8-17)29-14(2)20(12-26-29)15-7-21(31-3)23-16(10-24)11-25-27(23)13-15/h4,7,11-13,17-19H,1,5-6,8-9H2,2-3H3/t17-,18+,19?. The van der Waals surface area contributed by atoms with Crippen molar-refractivity contribution < 1.29 is 9.53 Å². The molecule has 0 aromatic carbocycles. The Morgan fingerprint density at radius 1 is 1.26 bits per heavy atom. The van der Waals surface area contributed by atoms with Crippen LogP contribution in [0.1, 0.15) is 43.0 Å². The van der Waals surface area contributed by atoms with Gasteiger partial charge in [-0.1, -0.05) is 6.58 Å². The Hall–Kier alpha value is -3.60. The van der Waals surface area contributed by atoms with Crippen molar-refractivity contribution >= 4 is 11.4 Å². The van der Waals surface area contributed by atoms with E-state index in [1.165, 1.54) is 6.08 Å². The van der Waals surface area contributed by atoms with Crippen LogP contribution < -0.4 is 4.74 Å². The number of fused-ring (bicyclic) bond motifs is 3. The van der Waals surface area contributed by atoms with Crippen LogP contribution in [0.4, 0.5) is 0 Å². The number of amides is 1. The lowest BCUT2D eigenvalue weighted by Gasteiger charge is -2.38. The van der Waals surface area contributed by atoms with Gasteiger partial charge in [0.2, 0.25) is 5.91 Å². The molecule has 158 valence electrons. The van der Waals surface area contributed by atoms with Gasteiger partial charge in [0.15, 0.2) is 0 Å². The molecule has 3 atom stereocenters. The van der Waals surface area contributed by atoms with Crippen molar-refractivity contribution in [3.63, 3.8) is 0 Å². The molecule has 0 aliphatic carbocycles. The van der Waals surface area contributed by atoms with Crippen LogP contribution in [-0.2, 0) is 4.79 Å². The van der Waals surface area contributed by atoms with E-state index in [0.29, 0.717) is 16.8 Å². The maximum atomic E-state index is 12.3. The zero-order chi connectivity index (χ0) is 21.7. The Balaban J connectivity index is 1.49. The van der Waals surface area contributed by atoms with Gasteiger partial charge in [-0.05, 0) is 44.7 Å². The summed E-state index contributed by atoms with van der Waals surface area (Å²) in [6.07, 6.45) is 10.7. The molecule has 2 fully saturated rings. The minimum Gasteiger partial charge on any atom is -0.494 e. The van der Waals surface area contributed by atoms with Gasteiger partial charge in [-0.25, -0.2) is 4.52 Å². The summed E-state index contributed by atoms with van der Waals surface area (Å²) in [4.78, 5) is 14.3. The van der Waals surface area contributed by atoms with Crippen molar-refractivity contribution in [2.75, 3.05) is 7.11 Å². The van der Waals surface area contributed by atoms with E-state index < -0.39 is 0 Å². The molecule has 31 heavy (non-hydrogen) atoms. The average molecular weight is 416 g/mol. The van der Waals surface area contributed by atoms with Crippen molar-refractivity contribution in [2.24, 2.45) is 0 Å². The third kappa shape index (κ3) is 2.92. The topological polar surface area (TPSA) is 88.5 Å². The molecule has 3 aromatic rings. The number of pyridine rings is 1. The number of nitriles is 1. The lowest BCUT2D eigenvalue weighted by atomic mass is 9.96. The smallest absolute Gasteiger partial charge is 0.246 e. The third-order valence-electron chi connectivity index (χ3n) is 6.76. The summed E-state index contributed by atoms with van der Waals surface area (Å²) in [5, 5.41) is 18.4. The minimum atomic E-state index is 0.0418. The van der Waals surface area contributed by atoms with E-state index in [9.17, 15) is 10.1 Å². The number of piperidine rings is 1. The molecule has 5 heterocycles. The molecule has 8 nitrogen and oxygen atoms in total. The van der Waals surface area contributed by atoms with Crippen LogP contribution in [0.3, 0.4) is 0 Å². The first-order valence-electron chi connectivity index (χ1n) is 10.5. The number of aromatic nitrogens is 4. The lowest BCUT2D eigenvalue weighted by Crippen LogP contribution is -2.46. The van der Waals surface area contributed by atoms with Crippen LogP contribution in [0.15, 0.2) is 37.3 Å². The second-order valence-electron chi connectivity index (χ2n) is 8.31. The molecule has 2 bridgehead atoms. The monoisotopic (exact) mass is 416 g/mol. The maximum Gasteiger partial charge on any atom is 0.246 e. The molecule has 0 N–H and O–H groups in total. The van der Waals surface area contributed by atoms with Gasteiger partial charge in [0, 0.05) is 35.1 Å². The van der Waals surface area contributed by atoms with Crippen LogP contribution in [0.5, 0.6) is 5.75 Å². The third-order valence-corrected chi connectivity index (χ3v) is 6.76. The number of rotatable bonds is 4. The second kappa shape index (κ2) is 7.27. The number of ether oxygens (including phenoxy) is 1. The molecule has 1 amide bonds. The molecule has 2 saturated heterocycles. The molecule has 5 rings (SSSR count). The lowest BCUT2D eigenvalue weighted by molar-refractivity contribution is -0.130. The van der Waals surface area contributed by atoms with Gasteiger partial charge < -0.3 is 9.64 Å². The van der Waals surface area contributed by atoms with Gasteiger partial charge in [0.05, 0.1) is 25.5 Å². The Kier molecular flexibility index (Phi) is 4.54. The first-order chi connectivity index (χ1) is 15.0. The average Bonchev–Trinajstić information content (AvgIpc) is 3.45. The van der Waals surface area contributed by atoms with Gasteiger partial charge in [-0.2, -0.15) is 15.5 Å². The fraction of sp³-hybridized carbons (Fsp3) is 0.391. The Morgan fingerprint density at radius 3 is 2.65 bits per heavy atom. The number of carbonyl (C=O) groups is 1. The molecule has 3 aromatic heterocycles. The predicted molar refractivity (Wildman–Crippen MR) is 115 cm³/mol. The Bertz CT molecular complexity index is 1220. The summed E-state index contributed by atoms with van der Waals surface area (Å²) in [6, 6.07) is 4.87. The highest BCUT2D eigenvalue weighted by molar-refractivity contribution is 5.88. The van der Waals surface area contributed by atoms with E-state index in [1.807, 2.05) is 23.4 Å². The largest absolute Gasteiger partial charge is 0.494 e. The number of nitrogens with zero attached hydrogens (tertiary/aromatic N) is 6. The van der Waals surface area contributed by atoms with Gasteiger partial charge >= 0.3 is 0 Å². The van der Waals surface area contributed by atoms with Crippen molar-refractivity contribution in [1.29, 1.82) is 5.26 Å². The maximum absolute atomic E-state index is 12.3. The zero-order valence-corrected chi connectivity index (χ0v) is 17.7. The molecular weight excluding hydrogens is 392 g/mol. The molecule has 8 heteroatoms. The first kappa shape index (κ1) is 19.4. The first-order valence-corrected chi connectivity index (χ1v) is 10.5. The van der Waals surface area contributed by atoms with Crippen LogP contribution in [0.2, 0.25) is 0 Å². The normalized spacial score (nSPS) is 22.5. The Labute approximate surface area is 180 Å². The molecular formula is C23H24N6O2. The zero-order valence-electron chi connectivity index (χ0n) is 17.7. The van der Waals surface area contributed by atoms with Gasteiger partial charge in [0.1, 0.15) is 22.9 Å². The van der Waals surface area contributed by atoms with Crippen LogP contribution in [0.25, 0.3) is 16.6 Å². The van der Waals surface area contributed by atoms with Crippen LogP contribution in [0, 0.1) is 18.3 Å². The molecule has 0 radical (unpaired) electrons. The molecule has 2 aliphatic rings. The van der Waals surface area contributed by atoms with Crippen molar-refractivity contribution in [3.8, 4) is 22.9 Å². The Morgan fingerprint density at radius 2 is 2.00 bits per heavy atom. The van der Waals surface area contributed by atoms with Crippen molar-refractivity contribution in [1.82, 2.24) is 24.3 Å². The fourth-order valence-electron chi connectivity index (χ4n) is 5.36. The number of carbonyl (C=O) groups excluding carboxylic acids is 1. The number of methoxy groups -OCH3 is 1. The van der Waals surface area contributed by atoms with Crippen molar-refractivity contribution in [2.45, 2.75) is 50.7 Å². The quantitative estimate of drug-likeness (QED) is 0.609. The molecule has 1 unspecified atom stereocenters. The fourth-order valence-corrected chi connectivity index (χ4v) is 5.36. The van der Waals surface area contributed by atoms with E-state index >= 15 is 0 Å². The van der Waals surface area contributed by atoms with E-state index in [2.05, 4.69) is 29.4 Å². The summed E-state index contributed by atoms with van der Waals surface area (Å²) in [5.41, 5.74) is 4.15. The highest BCUT2D eigenvalue weighted by Gasteiger charge is 2.43. The summed E-state index contributed by atoms with van der Waals surface area (Å²) >= 11 is 0. The second-order valence-corrected chi connectivity index (χ2v) is 8.31. The number of hydrogen-bond donors (Lipinski definition) is 0. The summed E-state index contributed by atoms with van der Waals surface area (Å²) in [6.45, 7) is 5.73. The van der Waals surface area contributed by atoms with E-state index in [1.54, 1.807) is 17.8 Å². The van der Waals surface area contributed by atoms with Crippen molar-refractivity contribution in [3.05, 3.63) is 48.6 Å². The van der Waals surface area contributed by atoms with E-state index in [-0.39, 0.29) is 24.0 Å². The number of hydrogen-bond acceptors (Lipinski definition) is 5. The van der Waals surface area contributed by atoms with E-state index in [4.69, 9.17) is 9.84 Å². The summed E-state index contributed by atoms with van der Waals surface area (Å²) in [7, 11) is 1.59. The van der Waals surface area contributed by atoms with Gasteiger partial charge in [-0.3, -0.25) is 9.48 Å². The predicted octanol–water partition coefficient (Wildman–Crippen LogP) is 3.27. The summed E-state index contributed by atoms with van der Waals surface area (Å²) < 4.78 is 9.34. The summed E-state index contributed by atoms with van der Waals surface area (Å²) in [5.74, 6) is 0.646. The SMILES string of the molecule is C=CC(=O)N1[C@@H]2CC[C@H]1CC(n1ncc(-c3cc(OC)c4c(C#N)cnn4c3)c1C)C2.